The quantitative estimate of drug-likeness (QED) is 0.654. The average Bonchev–Trinajstić information content (AvgIpc) is 1.82. The second-order valence-corrected chi connectivity index (χ2v) is 5.08. The average molecular weight is 210 g/mol. The first-order valence-electron chi connectivity index (χ1n) is 4.43. The summed E-state index contributed by atoms with van der Waals surface area (Å²) in [6.07, 6.45) is 0. The van der Waals surface area contributed by atoms with Crippen molar-refractivity contribution in [3.8, 4) is 0 Å². The smallest absolute Gasteiger partial charge is 0.287 e. The fraction of sp³-hybridized carbons (Fsp3) is 1.00. The highest BCUT2D eigenvalue weighted by atomic mass is 31.2. The molecule has 80 valence electrons. The Balaban J connectivity index is 4.33. The van der Waals surface area contributed by atoms with Crippen molar-refractivity contribution in [1.82, 2.24) is 0 Å². The molecule has 0 aromatic carbocycles. The molecule has 0 N–H and O–H groups in total. The monoisotopic (exact) mass is 210 g/mol. The molecule has 0 heterocycles. The fourth-order valence-corrected chi connectivity index (χ4v) is 2.22. The zero-order chi connectivity index (χ0) is 10.5. The van der Waals surface area contributed by atoms with Gasteiger partial charge in [-0.3, -0.25) is 13.6 Å². The summed E-state index contributed by atoms with van der Waals surface area (Å²) >= 11 is 0. The fourth-order valence-electron chi connectivity index (χ4n) is 0.742. The van der Waals surface area contributed by atoms with E-state index in [-0.39, 0.29) is 0 Å². The van der Waals surface area contributed by atoms with E-state index in [9.17, 15) is 4.57 Å². The van der Waals surface area contributed by atoms with Gasteiger partial charge in [0.25, 0.3) is 0 Å². The Labute approximate surface area is 80.2 Å². The normalized spacial score (nSPS) is 13.3. The standard InChI is InChI=1S/C8H19O4P/c1-6-10-13(9,11-7-2)12-8(3,4)5/h6-7H2,1-5H3. The Morgan fingerprint density at radius 2 is 1.46 bits per heavy atom. The highest BCUT2D eigenvalue weighted by Gasteiger charge is 2.31. The molecule has 0 saturated carbocycles. The van der Waals surface area contributed by atoms with Crippen LogP contribution in [-0.2, 0) is 18.1 Å². The molecule has 0 aliphatic carbocycles. The third-order valence-corrected chi connectivity index (χ3v) is 2.88. The molecule has 13 heavy (non-hydrogen) atoms. The summed E-state index contributed by atoms with van der Waals surface area (Å²) in [6.45, 7) is 9.53. The Hall–Kier alpha value is 0.110. The summed E-state index contributed by atoms with van der Waals surface area (Å²) in [5.41, 5.74) is -0.528. The van der Waals surface area contributed by atoms with E-state index in [0.717, 1.165) is 0 Å². The van der Waals surface area contributed by atoms with Gasteiger partial charge in [-0.15, -0.1) is 0 Å². The minimum Gasteiger partial charge on any atom is -0.287 e. The molecule has 0 fully saturated rings. The lowest BCUT2D eigenvalue weighted by molar-refractivity contribution is 0.0471. The second kappa shape index (κ2) is 5.11. The summed E-state index contributed by atoms with van der Waals surface area (Å²) < 4.78 is 26.9. The largest absolute Gasteiger partial charge is 0.475 e. The molecule has 0 rings (SSSR count). The van der Waals surface area contributed by atoms with Gasteiger partial charge in [-0.25, -0.2) is 4.57 Å². The molecular weight excluding hydrogens is 191 g/mol. The maximum absolute atomic E-state index is 11.8. The van der Waals surface area contributed by atoms with Gasteiger partial charge in [0.2, 0.25) is 0 Å². The SMILES string of the molecule is CCOP(=O)(OCC)OC(C)(C)C. The molecule has 0 aromatic heterocycles. The molecule has 0 amide bonds. The lowest BCUT2D eigenvalue weighted by Crippen LogP contribution is -2.19. The zero-order valence-electron chi connectivity index (χ0n) is 8.99. The number of hydrogen-bond donors (Lipinski definition) is 0. The molecule has 0 aliphatic rings. The zero-order valence-corrected chi connectivity index (χ0v) is 9.89. The van der Waals surface area contributed by atoms with Crippen LogP contribution in [0.2, 0.25) is 0 Å². The molecular formula is C8H19O4P. The van der Waals surface area contributed by atoms with E-state index in [0.29, 0.717) is 13.2 Å². The Morgan fingerprint density at radius 3 is 1.69 bits per heavy atom. The van der Waals surface area contributed by atoms with Gasteiger partial charge >= 0.3 is 7.82 Å². The third-order valence-electron chi connectivity index (χ3n) is 0.960. The summed E-state index contributed by atoms with van der Waals surface area (Å²) in [4.78, 5) is 0. The highest BCUT2D eigenvalue weighted by molar-refractivity contribution is 7.48. The predicted octanol–water partition coefficient (Wildman–Crippen LogP) is 2.98. The van der Waals surface area contributed by atoms with Gasteiger partial charge in [-0.05, 0) is 34.6 Å². The van der Waals surface area contributed by atoms with Crippen LogP contribution in [0.25, 0.3) is 0 Å². The second-order valence-electron chi connectivity index (χ2n) is 3.49. The minimum absolute atomic E-state index is 0.313. The maximum Gasteiger partial charge on any atom is 0.475 e. The van der Waals surface area contributed by atoms with Crippen molar-refractivity contribution >= 4 is 7.82 Å². The molecule has 0 radical (unpaired) electrons. The van der Waals surface area contributed by atoms with Gasteiger partial charge in [-0.2, -0.15) is 0 Å². The van der Waals surface area contributed by atoms with Gasteiger partial charge in [-0.1, -0.05) is 0 Å². The van der Waals surface area contributed by atoms with Crippen LogP contribution in [0.15, 0.2) is 0 Å². The van der Waals surface area contributed by atoms with E-state index in [4.69, 9.17) is 13.6 Å². The van der Waals surface area contributed by atoms with Crippen molar-refractivity contribution in [1.29, 1.82) is 0 Å². The van der Waals surface area contributed by atoms with E-state index in [1.54, 1.807) is 34.6 Å². The van der Waals surface area contributed by atoms with E-state index in [2.05, 4.69) is 0 Å². The summed E-state index contributed by atoms with van der Waals surface area (Å²) in [6, 6.07) is 0. The van der Waals surface area contributed by atoms with Crippen LogP contribution in [0.3, 0.4) is 0 Å². The molecule has 0 aromatic rings. The van der Waals surface area contributed by atoms with Gasteiger partial charge in [0.1, 0.15) is 0 Å². The van der Waals surface area contributed by atoms with E-state index in [1.807, 2.05) is 0 Å². The van der Waals surface area contributed by atoms with Crippen LogP contribution >= 0.6 is 7.82 Å². The Bertz CT molecular complexity index is 175. The number of hydrogen-bond acceptors (Lipinski definition) is 4. The minimum atomic E-state index is -3.34. The van der Waals surface area contributed by atoms with Gasteiger partial charge in [0.15, 0.2) is 0 Å². The number of phosphoric acid groups is 1. The van der Waals surface area contributed by atoms with Crippen LogP contribution in [0.1, 0.15) is 34.6 Å². The van der Waals surface area contributed by atoms with E-state index in [1.165, 1.54) is 0 Å². The Morgan fingerprint density at radius 1 is 1.08 bits per heavy atom. The van der Waals surface area contributed by atoms with Crippen molar-refractivity contribution in [3.63, 3.8) is 0 Å². The molecule has 0 aliphatic heterocycles. The van der Waals surface area contributed by atoms with Crippen molar-refractivity contribution in [3.05, 3.63) is 0 Å². The number of phosphoric ester groups is 1. The lowest BCUT2D eigenvalue weighted by Gasteiger charge is -2.25. The first-order valence-corrected chi connectivity index (χ1v) is 5.89. The van der Waals surface area contributed by atoms with Crippen LogP contribution in [-0.4, -0.2) is 18.8 Å². The van der Waals surface area contributed by atoms with Crippen LogP contribution in [0.5, 0.6) is 0 Å². The van der Waals surface area contributed by atoms with E-state index < -0.39 is 13.4 Å². The van der Waals surface area contributed by atoms with Crippen LogP contribution in [0.4, 0.5) is 0 Å². The predicted molar refractivity (Wildman–Crippen MR) is 51.7 cm³/mol. The van der Waals surface area contributed by atoms with Crippen LogP contribution in [0, 0.1) is 0 Å². The van der Waals surface area contributed by atoms with Crippen molar-refractivity contribution in [2.75, 3.05) is 13.2 Å². The summed E-state index contributed by atoms with van der Waals surface area (Å²) in [7, 11) is -3.34. The van der Waals surface area contributed by atoms with Gasteiger partial charge in [0.05, 0.1) is 18.8 Å². The van der Waals surface area contributed by atoms with Gasteiger partial charge in [0, 0.05) is 0 Å². The van der Waals surface area contributed by atoms with Crippen molar-refractivity contribution in [2.24, 2.45) is 0 Å². The highest BCUT2D eigenvalue weighted by Crippen LogP contribution is 2.52. The van der Waals surface area contributed by atoms with E-state index >= 15 is 0 Å². The van der Waals surface area contributed by atoms with Crippen molar-refractivity contribution < 1.29 is 18.1 Å². The molecule has 5 heteroatoms. The summed E-state index contributed by atoms with van der Waals surface area (Å²) in [5, 5.41) is 0. The third kappa shape index (κ3) is 6.22. The van der Waals surface area contributed by atoms with Crippen molar-refractivity contribution in [2.45, 2.75) is 40.2 Å². The molecule has 0 unspecified atom stereocenters. The first kappa shape index (κ1) is 13.1. The van der Waals surface area contributed by atoms with Crippen LogP contribution < -0.4 is 0 Å². The summed E-state index contributed by atoms with van der Waals surface area (Å²) in [5.74, 6) is 0. The lowest BCUT2D eigenvalue weighted by atomic mass is 10.2. The topological polar surface area (TPSA) is 44.8 Å². The molecule has 0 atom stereocenters. The maximum atomic E-state index is 11.8. The molecule has 0 spiro atoms. The van der Waals surface area contributed by atoms with Gasteiger partial charge < -0.3 is 0 Å². The Kier molecular flexibility index (Phi) is 5.15. The molecule has 4 nitrogen and oxygen atoms in total. The first-order chi connectivity index (χ1) is 5.83. The number of rotatable bonds is 5. The molecule has 0 saturated heterocycles. The molecule has 0 bridgehead atoms.